The van der Waals surface area contributed by atoms with Crippen molar-refractivity contribution >= 4 is 29.2 Å². The van der Waals surface area contributed by atoms with Crippen LogP contribution in [0.15, 0.2) is 18.2 Å². The van der Waals surface area contributed by atoms with E-state index < -0.39 is 0 Å². The molecule has 1 aromatic rings. The Bertz CT molecular complexity index is 623. The molecule has 136 valence electrons. The predicted molar refractivity (Wildman–Crippen MR) is 102 cm³/mol. The molecule has 2 fully saturated rings. The third-order valence-corrected chi connectivity index (χ3v) is 6.25. The second-order valence-corrected chi connectivity index (χ2v) is 8.54. The number of hydrogen-bond acceptors (Lipinski definition) is 3. The van der Waals surface area contributed by atoms with E-state index in [1.54, 1.807) is 17.4 Å². The number of rotatable bonds is 4. The van der Waals surface area contributed by atoms with E-state index in [-0.39, 0.29) is 23.8 Å². The number of thiophene rings is 1. The number of likely N-dealkylation sites (tertiary alicyclic amines) is 1. The van der Waals surface area contributed by atoms with E-state index in [9.17, 15) is 9.59 Å². The van der Waals surface area contributed by atoms with Crippen LogP contribution in [0.4, 0.5) is 0 Å². The minimum atomic E-state index is 0.0723. The maximum absolute atomic E-state index is 12.3. The third-order valence-electron chi connectivity index (χ3n) is 5.28. The fraction of sp³-hybridized carbons (Fsp3) is 0.600. The molecule has 0 atom stereocenters. The quantitative estimate of drug-likeness (QED) is 0.831. The van der Waals surface area contributed by atoms with Crippen molar-refractivity contribution in [2.45, 2.75) is 57.9 Å². The molecule has 1 aliphatic carbocycles. The molecule has 0 bridgehead atoms. The van der Waals surface area contributed by atoms with E-state index >= 15 is 0 Å². The van der Waals surface area contributed by atoms with Crippen LogP contribution >= 0.6 is 11.3 Å². The lowest BCUT2D eigenvalue weighted by atomic mass is 9.88. The molecule has 5 heteroatoms. The van der Waals surface area contributed by atoms with Crippen molar-refractivity contribution in [2.24, 2.45) is 5.92 Å². The van der Waals surface area contributed by atoms with Gasteiger partial charge in [0.2, 0.25) is 11.8 Å². The molecule has 1 aromatic heterocycles. The zero-order chi connectivity index (χ0) is 17.6. The zero-order valence-corrected chi connectivity index (χ0v) is 15.8. The third kappa shape index (κ3) is 5.18. The van der Waals surface area contributed by atoms with Gasteiger partial charge in [0.1, 0.15) is 0 Å². The van der Waals surface area contributed by atoms with Gasteiger partial charge >= 0.3 is 0 Å². The van der Waals surface area contributed by atoms with Crippen LogP contribution in [0.25, 0.3) is 6.08 Å². The summed E-state index contributed by atoms with van der Waals surface area (Å²) in [5, 5.41) is 3.22. The topological polar surface area (TPSA) is 49.4 Å². The van der Waals surface area contributed by atoms with E-state index in [2.05, 4.69) is 18.3 Å². The monoisotopic (exact) mass is 360 g/mol. The van der Waals surface area contributed by atoms with Gasteiger partial charge in [-0.05, 0) is 50.8 Å². The first-order valence-corrected chi connectivity index (χ1v) is 10.3. The van der Waals surface area contributed by atoms with Gasteiger partial charge in [-0.2, -0.15) is 0 Å². The van der Waals surface area contributed by atoms with E-state index in [4.69, 9.17) is 0 Å². The Hall–Kier alpha value is -1.62. The van der Waals surface area contributed by atoms with Crippen LogP contribution in [0.1, 0.15) is 54.7 Å². The number of amides is 2. The van der Waals surface area contributed by atoms with Gasteiger partial charge in [-0.3, -0.25) is 9.59 Å². The molecule has 0 unspecified atom stereocenters. The normalized spacial score (nSPS) is 20.1. The van der Waals surface area contributed by atoms with E-state index in [1.165, 1.54) is 24.1 Å². The summed E-state index contributed by atoms with van der Waals surface area (Å²) >= 11 is 1.69. The standard InChI is InChI=1S/C20H28N2O2S/c1-15-7-8-18(25-15)9-10-19(23)22-13-11-17(12-14-22)21-20(24)16-5-3-2-4-6-16/h7-10,16-17H,2-6,11-14H2,1H3,(H,21,24)/b10-9+. The maximum atomic E-state index is 12.3. The minimum Gasteiger partial charge on any atom is -0.353 e. The second kappa shape index (κ2) is 8.65. The molecular weight excluding hydrogens is 332 g/mol. The Morgan fingerprint density at radius 3 is 2.48 bits per heavy atom. The second-order valence-electron chi connectivity index (χ2n) is 7.22. The summed E-state index contributed by atoms with van der Waals surface area (Å²) in [4.78, 5) is 28.9. The van der Waals surface area contributed by atoms with Crippen LogP contribution in [0.3, 0.4) is 0 Å². The van der Waals surface area contributed by atoms with Crippen LogP contribution in [-0.4, -0.2) is 35.8 Å². The highest BCUT2D eigenvalue weighted by Crippen LogP contribution is 2.24. The average molecular weight is 361 g/mol. The molecule has 1 N–H and O–H groups in total. The molecular formula is C20H28N2O2S. The van der Waals surface area contributed by atoms with E-state index in [0.29, 0.717) is 0 Å². The lowest BCUT2D eigenvalue weighted by Gasteiger charge is -2.33. The summed E-state index contributed by atoms with van der Waals surface area (Å²) in [6, 6.07) is 4.33. The number of carbonyl (C=O) groups is 2. The SMILES string of the molecule is Cc1ccc(/C=C/C(=O)N2CCC(NC(=O)C3CCCCC3)CC2)s1. The molecule has 1 saturated heterocycles. The predicted octanol–water partition coefficient (Wildman–Crippen LogP) is 3.76. The number of nitrogens with zero attached hydrogens (tertiary/aromatic N) is 1. The van der Waals surface area contributed by atoms with Crippen molar-refractivity contribution in [2.75, 3.05) is 13.1 Å². The highest BCUT2D eigenvalue weighted by Gasteiger charge is 2.26. The Morgan fingerprint density at radius 2 is 1.84 bits per heavy atom. The first kappa shape index (κ1) is 18.2. The smallest absolute Gasteiger partial charge is 0.246 e. The summed E-state index contributed by atoms with van der Waals surface area (Å²) in [5.74, 6) is 0.520. The zero-order valence-electron chi connectivity index (χ0n) is 15.0. The first-order valence-electron chi connectivity index (χ1n) is 9.45. The Morgan fingerprint density at radius 1 is 1.12 bits per heavy atom. The fourth-order valence-electron chi connectivity index (χ4n) is 3.73. The van der Waals surface area contributed by atoms with E-state index in [0.717, 1.165) is 43.6 Å². The van der Waals surface area contributed by atoms with Gasteiger partial charge in [-0.1, -0.05) is 19.3 Å². The fourth-order valence-corrected chi connectivity index (χ4v) is 4.51. The van der Waals surface area contributed by atoms with E-state index in [1.807, 2.05) is 17.0 Å². The van der Waals surface area contributed by atoms with Crippen LogP contribution in [0.5, 0.6) is 0 Å². The highest BCUT2D eigenvalue weighted by atomic mass is 32.1. The van der Waals surface area contributed by atoms with Gasteiger partial charge in [0.15, 0.2) is 0 Å². The van der Waals surface area contributed by atoms with Gasteiger partial charge in [0.05, 0.1) is 0 Å². The summed E-state index contributed by atoms with van der Waals surface area (Å²) in [7, 11) is 0. The molecule has 25 heavy (non-hydrogen) atoms. The van der Waals surface area contributed by atoms with Crippen molar-refractivity contribution in [3.63, 3.8) is 0 Å². The van der Waals surface area contributed by atoms with Gasteiger partial charge in [0, 0.05) is 40.9 Å². The van der Waals surface area contributed by atoms with Gasteiger partial charge in [-0.25, -0.2) is 0 Å². The molecule has 0 radical (unpaired) electrons. The molecule has 0 aromatic carbocycles. The summed E-state index contributed by atoms with van der Waals surface area (Å²) in [6.07, 6.45) is 11.0. The number of piperidine rings is 1. The molecule has 3 rings (SSSR count). The number of carbonyl (C=O) groups excluding carboxylic acids is 2. The molecule has 4 nitrogen and oxygen atoms in total. The van der Waals surface area contributed by atoms with Crippen LogP contribution in [0.2, 0.25) is 0 Å². The maximum Gasteiger partial charge on any atom is 0.246 e. The number of nitrogens with one attached hydrogen (secondary N) is 1. The lowest BCUT2D eigenvalue weighted by Crippen LogP contribution is -2.47. The van der Waals surface area contributed by atoms with Crippen molar-refractivity contribution < 1.29 is 9.59 Å². The first-order chi connectivity index (χ1) is 12.1. The van der Waals surface area contributed by atoms with Crippen molar-refractivity contribution in [3.8, 4) is 0 Å². The Balaban J connectivity index is 1.42. The molecule has 2 heterocycles. The Kier molecular flexibility index (Phi) is 6.29. The lowest BCUT2D eigenvalue weighted by molar-refractivity contribution is -0.128. The minimum absolute atomic E-state index is 0.0723. The average Bonchev–Trinajstić information content (AvgIpc) is 3.06. The van der Waals surface area contributed by atoms with Gasteiger partial charge in [0.25, 0.3) is 0 Å². The molecule has 2 amide bonds. The van der Waals surface area contributed by atoms with Crippen LogP contribution in [0, 0.1) is 12.8 Å². The van der Waals surface area contributed by atoms with Gasteiger partial charge < -0.3 is 10.2 Å². The molecule has 2 aliphatic rings. The summed E-state index contributed by atoms with van der Waals surface area (Å²) in [5.41, 5.74) is 0. The largest absolute Gasteiger partial charge is 0.353 e. The van der Waals surface area contributed by atoms with Crippen molar-refractivity contribution in [1.29, 1.82) is 0 Å². The van der Waals surface area contributed by atoms with Crippen molar-refractivity contribution in [3.05, 3.63) is 28.0 Å². The summed E-state index contributed by atoms with van der Waals surface area (Å²) in [6.45, 7) is 3.51. The number of hydrogen-bond donors (Lipinski definition) is 1. The number of aryl methyl sites for hydroxylation is 1. The Labute approximate surface area is 154 Å². The van der Waals surface area contributed by atoms with Crippen molar-refractivity contribution in [1.82, 2.24) is 10.2 Å². The highest BCUT2D eigenvalue weighted by molar-refractivity contribution is 7.12. The molecule has 1 aliphatic heterocycles. The van der Waals surface area contributed by atoms with Gasteiger partial charge in [-0.15, -0.1) is 11.3 Å². The van der Waals surface area contributed by atoms with Crippen LogP contribution in [-0.2, 0) is 9.59 Å². The summed E-state index contributed by atoms with van der Waals surface area (Å²) < 4.78 is 0. The van der Waals surface area contributed by atoms with Crippen LogP contribution < -0.4 is 5.32 Å². The molecule has 1 saturated carbocycles. The molecule has 0 spiro atoms.